The molecule has 1 aromatic carbocycles. The number of aromatic amines is 1. The lowest BCUT2D eigenvalue weighted by molar-refractivity contribution is -0.202. The van der Waals surface area contributed by atoms with Crippen molar-refractivity contribution in [3.63, 3.8) is 0 Å². The lowest BCUT2D eigenvalue weighted by atomic mass is 10.0. The second-order valence-corrected chi connectivity index (χ2v) is 9.11. The van der Waals surface area contributed by atoms with Crippen molar-refractivity contribution in [3.05, 3.63) is 47.4 Å². The highest BCUT2D eigenvalue weighted by Crippen LogP contribution is 2.28. The van der Waals surface area contributed by atoms with Crippen LogP contribution >= 0.6 is 11.3 Å². The van der Waals surface area contributed by atoms with Crippen LogP contribution in [0.3, 0.4) is 0 Å². The number of benzene rings is 1. The molecule has 0 spiro atoms. The topological polar surface area (TPSA) is 130 Å². The summed E-state index contributed by atoms with van der Waals surface area (Å²) >= 11 is 1.09. The van der Waals surface area contributed by atoms with Gasteiger partial charge in [-0.1, -0.05) is 13.8 Å². The molecule has 2 heterocycles. The summed E-state index contributed by atoms with van der Waals surface area (Å²) in [6.07, 6.45) is -2.27. The maximum Gasteiger partial charge on any atom is 0.491 e. The van der Waals surface area contributed by atoms with Gasteiger partial charge in [0.05, 0.1) is 17.6 Å². The largest absolute Gasteiger partial charge is 0.491 e. The van der Waals surface area contributed by atoms with E-state index in [4.69, 9.17) is 0 Å². The summed E-state index contributed by atoms with van der Waals surface area (Å²) < 4.78 is 41.9. The SMILES string of the molecule is CC(C)C[C@H](NC(=O)c1cc2cc(NC(=O)Cc3cnc[nH]3)ccc2s1)C(=O)OC(=O)C(F)(F)F. The van der Waals surface area contributed by atoms with Gasteiger partial charge in [0.2, 0.25) is 5.91 Å². The van der Waals surface area contributed by atoms with Crippen LogP contribution in [0.25, 0.3) is 10.1 Å². The molecular formula is C22H21F3N4O5S. The fraction of sp³-hybridized carbons (Fsp3) is 0.318. The first-order valence-electron chi connectivity index (χ1n) is 10.4. The van der Waals surface area contributed by atoms with Crippen LogP contribution in [0.5, 0.6) is 0 Å². The maximum absolute atomic E-state index is 12.7. The Balaban J connectivity index is 1.70. The van der Waals surface area contributed by atoms with Crippen LogP contribution < -0.4 is 10.6 Å². The number of esters is 2. The number of ether oxygens (including phenoxy) is 1. The minimum atomic E-state index is -5.33. The Labute approximate surface area is 201 Å². The van der Waals surface area contributed by atoms with Gasteiger partial charge in [-0.15, -0.1) is 11.3 Å². The van der Waals surface area contributed by atoms with Crippen molar-refractivity contribution < 1.29 is 37.1 Å². The fourth-order valence-corrected chi connectivity index (χ4v) is 4.07. The number of thiophene rings is 1. The molecule has 0 aliphatic carbocycles. The van der Waals surface area contributed by atoms with Gasteiger partial charge in [0, 0.05) is 22.3 Å². The molecule has 0 saturated carbocycles. The summed E-state index contributed by atoms with van der Waals surface area (Å²) in [4.78, 5) is 54.9. The fourth-order valence-electron chi connectivity index (χ4n) is 3.13. The smallest absolute Gasteiger partial charge is 0.385 e. The Morgan fingerprint density at radius 2 is 1.91 bits per heavy atom. The van der Waals surface area contributed by atoms with Crippen molar-refractivity contribution in [2.24, 2.45) is 5.92 Å². The number of aromatic nitrogens is 2. The number of alkyl halides is 3. The predicted octanol–water partition coefficient (Wildman–Crippen LogP) is 3.58. The number of hydrogen-bond donors (Lipinski definition) is 3. The average Bonchev–Trinajstić information content (AvgIpc) is 3.41. The van der Waals surface area contributed by atoms with Gasteiger partial charge in [-0.3, -0.25) is 9.59 Å². The highest BCUT2D eigenvalue weighted by molar-refractivity contribution is 7.20. The van der Waals surface area contributed by atoms with Crippen molar-refractivity contribution in [3.8, 4) is 0 Å². The maximum atomic E-state index is 12.7. The second kappa shape index (κ2) is 10.7. The molecule has 3 rings (SSSR count). The Bertz CT molecular complexity index is 1240. The van der Waals surface area contributed by atoms with Gasteiger partial charge in [-0.2, -0.15) is 13.2 Å². The molecule has 1 atom stereocenters. The number of H-pyrrole nitrogens is 1. The first-order valence-corrected chi connectivity index (χ1v) is 11.2. The van der Waals surface area contributed by atoms with Crippen LogP contribution in [0.4, 0.5) is 18.9 Å². The van der Waals surface area contributed by atoms with Crippen LogP contribution in [0.2, 0.25) is 0 Å². The summed E-state index contributed by atoms with van der Waals surface area (Å²) in [5.74, 6) is -5.31. The van der Waals surface area contributed by atoms with Gasteiger partial charge >= 0.3 is 18.1 Å². The van der Waals surface area contributed by atoms with Gasteiger partial charge in [-0.25, -0.2) is 14.6 Å². The molecule has 3 N–H and O–H groups in total. The number of hydrogen-bond acceptors (Lipinski definition) is 7. The lowest BCUT2D eigenvalue weighted by Crippen LogP contribution is -2.44. The Morgan fingerprint density at radius 3 is 2.54 bits per heavy atom. The summed E-state index contributed by atoms with van der Waals surface area (Å²) in [6, 6.07) is 5.10. The molecule has 0 unspecified atom stereocenters. The highest BCUT2D eigenvalue weighted by atomic mass is 32.1. The Hall–Kier alpha value is -3.74. The van der Waals surface area contributed by atoms with E-state index in [0.29, 0.717) is 21.5 Å². The van der Waals surface area contributed by atoms with Crippen molar-refractivity contribution in [2.75, 3.05) is 5.32 Å². The summed E-state index contributed by atoms with van der Waals surface area (Å²) in [6.45, 7) is 3.39. The van der Waals surface area contributed by atoms with Gasteiger partial charge in [-0.05, 0) is 42.0 Å². The summed E-state index contributed by atoms with van der Waals surface area (Å²) in [5.41, 5.74) is 1.14. The molecule has 186 valence electrons. The van der Waals surface area contributed by atoms with Crippen LogP contribution in [-0.2, 0) is 25.5 Å². The van der Waals surface area contributed by atoms with E-state index in [1.54, 1.807) is 32.0 Å². The molecule has 0 radical (unpaired) electrons. The van der Waals surface area contributed by atoms with E-state index in [0.717, 1.165) is 11.3 Å². The molecule has 0 fully saturated rings. The van der Waals surface area contributed by atoms with E-state index in [9.17, 15) is 32.3 Å². The standard InChI is InChI=1S/C22H21F3N4O5S/c1-11(2)5-15(20(32)34-21(33)22(23,24)25)29-19(31)17-7-12-6-13(3-4-16(12)35-17)28-18(30)8-14-9-26-10-27-14/h3-4,6-7,9-11,15H,5,8H2,1-2H3,(H,26,27)(H,28,30)(H,29,31)/t15-/m0/s1. The Kier molecular flexibility index (Phi) is 7.89. The molecule has 0 bridgehead atoms. The van der Waals surface area contributed by atoms with Crippen molar-refractivity contribution in [2.45, 2.75) is 38.9 Å². The molecular weight excluding hydrogens is 489 g/mol. The number of amides is 2. The van der Waals surface area contributed by atoms with Crippen molar-refractivity contribution in [1.29, 1.82) is 0 Å². The number of carbonyl (C=O) groups excluding carboxylic acids is 4. The molecule has 2 aromatic heterocycles. The number of carbonyl (C=O) groups is 4. The summed E-state index contributed by atoms with van der Waals surface area (Å²) in [5, 5.41) is 5.73. The van der Waals surface area contributed by atoms with Crippen LogP contribution in [0.1, 0.15) is 35.6 Å². The monoisotopic (exact) mass is 510 g/mol. The first kappa shape index (κ1) is 25.9. The first-order chi connectivity index (χ1) is 16.4. The second-order valence-electron chi connectivity index (χ2n) is 8.03. The van der Waals surface area contributed by atoms with Crippen LogP contribution in [0.15, 0.2) is 36.8 Å². The number of anilines is 1. The minimum Gasteiger partial charge on any atom is -0.385 e. The average molecular weight is 510 g/mol. The Morgan fingerprint density at radius 1 is 1.17 bits per heavy atom. The summed E-state index contributed by atoms with van der Waals surface area (Å²) in [7, 11) is 0. The van der Waals surface area contributed by atoms with Gasteiger partial charge in [0.1, 0.15) is 6.04 Å². The van der Waals surface area contributed by atoms with E-state index in [1.807, 2.05) is 0 Å². The van der Waals surface area contributed by atoms with Gasteiger partial charge < -0.3 is 20.4 Å². The number of rotatable bonds is 8. The zero-order chi connectivity index (χ0) is 25.8. The van der Waals surface area contributed by atoms with Crippen molar-refractivity contribution in [1.82, 2.24) is 15.3 Å². The number of imidazole rings is 1. The number of nitrogens with one attached hydrogen (secondary N) is 3. The molecule has 0 aliphatic heterocycles. The zero-order valence-electron chi connectivity index (χ0n) is 18.6. The zero-order valence-corrected chi connectivity index (χ0v) is 19.4. The molecule has 9 nitrogen and oxygen atoms in total. The highest BCUT2D eigenvalue weighted by Gasteiger charge is 2.43. The van der Waals surface area contributed by atoms with E-state index >= 15 is 0 Å². The number of nitrogens with zero attached hydrogens (tertiary/aromatic N) is 1. The van der Waals surface area contributed by atoms with E-state index in [-0.39, 0.29) is 29.5 Å². The third-order valence-corrected chi connectivity index (χ3v) is 5.77. The molecule has 0 aliphatic rings. The third kappa shape index (κ3) is 7.12. The van der Waals surface area contributed by atoms with E-state index in [2.05, 4.69) is 25.3 Å². The van der Waals surface area contributed by atoms with E-state index in [1.165, 1.54) is 18.6 Å². The molecule has 35 heavy (non-hydrogen) atoms. The molecule has 3 aromatic rings. The van der Waals surface area contributed by atoms with E-state index < -0.39 is 30.1 Å². The number of fused-ring (bicyclic) bond motifs is 1. The molecule has 13 heteroatoms. The third-order valence-electron chi connectivity index (χ3n) is 4.65. The predicted molar refractivity (Wildman–Crippen MR) is 121 cm³/mol. The lowest BCUT2D eigenvalue weighted by Gasteiger charge is -2.18. The molecule has 0 saturated heterocycles. The quantitative estimate of drug-likeness (QED) is 0.314. The van der Waals surface area contributed by atoms with Crippen molar-refractivity contribution >= 4 is 50.9 Å². The van der Waals surface area contributed by atoms with Crippen LogP contribution in [0, 0.1) is 5.92 Å². The van der Waals surface area contributed by atoms with Gasteiger partial charge in [0.25, 0.3) is 5.91 Å². The van der Waals surface area contributed by atoms with Crippen LogP contribution in [-0.4, -0.2) is 45.9 Å². The normalized spacial score (nSPS) is 12.4. The minimum absolute atomic E-state index is 0.0346. The van der Waals surface area contributed by atoms with Gasteiger partial charge in [0.15, 0.2) is 0 Å². The number of halogens is 3. The molecule has 2 amide bonds.